The normalized spacial score (nSPS) is 10.9. The van der Waals surface area contributed by atoms with Crippen LogP contribution in [0.4, 0.5) is 11.4 Å². The van der Waals surface area contributed by atoms with Gasteiger partial charge in [0, 0.05) is 17.8 Å². The molecule has 2 aromatic carbocycles. The third kappa shape index (κ3) is 5.53. The van der Waals surface area contributed by atoms with Crippen molar-refractivity contribution in [3.8, 4) is 17.2 Å². The van der Waals surface area contributed by atoms with Gasteiger partial charge >= 0.3 is 0 Å². The average Bonchev–Trinajstić information content (AvgIpc) is 2.65. The van der Waals surface area contributed by atoms with Crippen LogP contribution in [0.25, 0.3) is 0 Å². The van der Waals surface area contributed by atoms with Crippen LogP contribution in [0.3, 0.4) is 0 Å². The average molecular weight is 408 g/mol. The van der Waals surface area contributed by atoms with E-state index in [1.807, 2.05) is 6.92 Å². The van der Waals surface area contributed by atoms with E-state index in [9.17, 15) is 13.2 Å². The first-order valence-electron chi connectivity index (χ1n) is 8.51. The molecule has 0 fully saturated rings. The summed E-state index contributed by atoms with van der Waals surface area (Å²) in [7, 11) is -0.784. The molecular formula is C19H24N2O6S. The molecule has 0 aromatic heterocycles. The fourth-order valence-electron chi connectivity index (χ4n) is 2.54. The molecule has 0 unspecified atom stereocenters. The number of carbonyl (C=O) groups is 1. The maximum atomic E-state index is 12.5. The lowest BCUT2D eigenvalue weighted by Gasteiger charge is -2.23. The summed E-state index contributed by atoms with van der Waals surface area (Å²) in [4.78, 5) is 12.5. The molecule has 2 aromatic rings. The number of nitrogens with zero attached hydrogens (tertiary/aromatic N) is 1. The number of ether oxygens (including phenoxy) is 3. The van der Waals surface area contributed by atoms with E-state index in [1.165, 1.54) is 20.3 Å². The largest absolute Gasteiger partial charge is 0.494 e. The number of hydrogen-bond acceptors (Lipinski definition) is 6. The summed E-state index contributed by atoms with van der Waals surface area (Å²) in [5.41, 5.74) is 0.801. The summed E-state index contributed by atoms with van der Waals surface area (Å²) < 4.78 is 41.3. The minimum absolute atomic E-state index is 0.290. The first-order valence-corrected chi connectivity index (χ1v) is 10.4. The molecule has 0 spiro atoms. The van der Waals surface area contributed by atoms with E-state index in [1.54, 1.807) is 36.4 Å². The van der Waals surface area contributed by atoms with Crippen LogP contribution in [0.2, 0.25) is 0 Å². The number of anilines is 2. The van der Waals surface area contributed by atoms with Crippen LogP contribution < -0.4 is 23.8 Å². The van der Waals surface area contributed by atoms with Crippen molar-refractivity contribution in [2.75, 3.05) is 43.2 Å². The van der Waals surface area contributed by atoms with Crippen molar-refractivity contribution in [3.63, 3.8) is 0 Å². The summed E-state index contributed by atoms with van der Waals surface area (Å²) in [6.45, 7) is 1.96. The zero-order chi connectivity index (χ0) is 20.7. The van der Waals surface area contributed by atoms with Crippen LogP contribution in [0.5, 0.6) is 17.2 Å². The Bertz CT molecular complexity index is 930. The van der Waals surface area contributed by atoms with Crippen molar-refractivity contribution in [2.24, 2.45) is 0 Å². The molecule has 152 valence electrons. The predicted octanol–water partition coefficient (Wildman–Crippen LogP) is 2.51. The van der Waals surface area contributed by atoms with Gasteiger partial charge in [-0.15, -0.1) is 0 Å². The molecule has 0 aliphatic heterocycles. The monoisotopic (exact) mass is 408 g/mol. The number of rotatable bonds is 9. The van der Waals surface area contributed by atoms with Gasteiger partial charge in [0.2, 0.25) is 15.9 Å². The van der Waals surface area contributed by atoms with Crippen LogP contribution in [0.15, 0.2) is 42.5 Å². The van der Waals surface area contributed by atoms with Crippen molar-refractivity contribution in [3.05, 3.63) is 42.5 Å². The SMILES string of the molecule is CCOc1cccc(NC(=O)CN(c2ccc(OC)c(OC)c2)S(C)(=O)=O)c1. The Hall–Kier alpha value is -2.94. The molecule has 0 saturated heterocycles. The van der Waals surface area contributed by atoms with E-state index < -0.39 is 22.5 Å². The van der Waals surface area contributed by atoms with Crippen molar-refractivity contribution >= 4 is 27.3 Å². The fraction of sp³-hybridized carbons (Fsp3) is 0.316. The molecule has 28 heavy (non-hydrogen) atoms. The number of benzene rings is 2. The zero-order valence-electron chi connectivity index (χ0n) is 16.3. The van der Waals surface area contributed by atoms with Crippen LogP contribution in [-0.4, -0.2) is 48.0 Å². The summed E-state index contributed by atoms with van der Waals surface area (Å²) >= 11 is 0. The van der Waals surface area contributed by atoms with E-state index in [4.69, 9.17) is 14.2 Å². The van der Waals surface area contributed by atoms with Crippen LogP contribution >= 0.6 is 0 Å². The number of carbonyl (C=O) groups excluding carboxylic acids is 1. The minimum Gasteiger partial charge on any atom is -0.494 e. The van der Waals surface area contributed by atoms with E-state index in [2.05, 4.69) is 5.32 Å². The maximum absolute atomic E-state index is 12.5. The van der Waals surface area contributed by atoms with Gasteiger partial charge in [0.15, 0.2) is 11.5 Å². The third-order valence-electron chi connectivity index (χ3n) is 3.77. The van der Waals surface area contributed by atoms with Gasteiger partial charge in [0.1, 0.15) is 12.3 Å². The van der Waals surface area contributed by atoms with Gasteiger partial charge in [-0.05, 0) is 31.2 Å². The summed E-state index contributed by atoms with van der Waals surface area (Å²) in [5, 5.41) is 2.68. The molecule has 1 amide bonds. The predicted molar refractivity (Wildman–Crippen MR) is 108 cm³/mol. The van der Waals surface area contributed by atoms with Crippen LogP contribution in [0.1, 0.15) is 6.92 Å². The number of nitrogens with one attached hydrogen (secondary N) is 1. The van der Waals surface area contributed by atoms with Gasteiger partial charge in [-0.25, -0.2) is 8.42 Å². The highest BCUT2D eigenvalue weighted by Crippen LogP contribution is 2.32. The van der Waals surface area contributed by atoms with Crippen molar-refractivity contribution in [2.45, 2.75) is 6.92 Å². The zero-order valence-corrected chi connectivity index (χ0v) is 17.1. The first kappa shape index (κ1) is 21.4. The van der Waals surface area contributed by atoms with Gasteiger partial charge in [-0.3, -0.25) is 9.10 Å². The fourth-order valence-corrected chi connectivity index (χ4v) is 3.39. The Labute approximate surface area is 165 Å². The Balaban J connectivity index is 2.23. The number of amides is 1. The Morgan fingerprint density at radius 2 is 1.79 bits per heavy atom. The van der Waals surface area contributed by atoms with Gasteiger partial charge in [-0.1, -0.05) is 6.07 Å². The molecule has 0 saturated carbocycles. The second-order valence-corrected chi connectivity index (χ2v) is 7.72. The lowest BCUT2D eigenvalue weighted by Crippen LogP contribution is -2.37. The standard InChI is InChI=1S/C19H24N2O6S/c1-5-27-16-8-6-7-14(11-16)20-19(22)13-21(28(4,23)24)15-9-10-17(25-2)18(12-15)26-3/h6-12H,5,13H2,1-4H3,(H,20,22). The Kier molecular flexibility index (Phi) is 7.11. The maximum Gasteiger partial charge on any atom is 0.245 e. The highest BCUT2D eigenvalue weighted by Gasteiger charge is 2.22. The van der Waals surface area contributed by atoms with Gasteiger partial charge < -0.3 is 19.5 Å². The molecule has 1 N–H and O–H groups in total. The highest BCUT2D eigenvalue weighted by molar-refractivity contribution is 7.92. The second-order valence-electron chi connectivity index (χ2n) is 5.82. The Morgan fingerprint density at radius 1 is 1.07 bits per heavy atom. The van der Waals surface area contributed by atoms with E-state index in [0.29, 0.717) is 35.2 Å². The minimum atomic E-state index is -3.72. The number of sulfonamides is 1. The van der Waals surface area contributed by atoms with Gasteiger partial charge in [0.05, 0.1) is 32.8 Å². The van der Waals surface area contributed by atoms with Gasteiger partial charge in [-0.2, -0.15) is 0 Å². The molecule has 0 aliphatic rings. The summed E-state index contributed by atoms with van der Waals surface area (Å²) in [6, 6.07) is 11.5. The topological polar surface area (TPSA) is 94.2 Å². The van der Waals surface area contributed by atoms with Crippen molar-refractivity contribution in [1.29, 1.82) is 0 Å². The summed E-state index contributed by atoms with van der Waals surface area (Å²) in [6.07, 6.45) is 1.03. The number of methoxy groups -OCH3 is 2. The lowest BCUT2D eigenvalue weighted by atomic mass is 10.2. The van der Waals surface area contributed by atoms with E-state index in [-0.39, 0.29) is 0 Å². The van der Waals surface area contributed by atoms with Crippen molar-refractivity contribution in [1.82, 2.24) is 0 Å². The highest BCUT2D eigenvalue weighted by atomic mass is 32.2. The molecule has 0 heterocycles. The first-order chi connectivity index (χ1) is 13.3. The second kappa shape index (κ2) is 9.32. The molecule has 0 bridgehead atoms. The molecule has 0 atom stereocenters. The van der Waals surface area contributed by atoms with Gasteiger partial charge in [0.25, 0.3) is 0 Å². The molecular weight excluding hydrogens is 384 g/mol. The van der Waals surface area contributed by atoms with Crippen LogP contribution in [-0.2, 0) is 14.8 Å². The number of hydrogen-bond donors (Lipinski definition) is 1. The Morgan fingerprint density at radius 3 is 2.39 bits per heavy atom. The molecule has 2 rings (SSSR count). The smallest absolute Gasteiger partial charge is 0.245 e. The molecule has 8 nitrogen and oxygen atoms in total. The van der Waals surface area contributed by atoms with Crippen molar-refractivity contribution < 1.29 is 27.4 Å². The van der Waals surface area contributed by atoms with E-state index >= 15 is 0 Å². The lowest BCUT2D eigenvalue weighted by molar-refractivity contribution is -0.114. The quantitative estimate of drug-likeness (QED) is 0.685. The molecule has 0 radical (unpaired) electrons. The third-order valence-corrected chi connectivity index (χ3v) is 4.91. The summed E-state index contributed by atoms with van der Waals surface area (Å²) in [5.74, 6) is 0.935. The molecule has 0 aliphatic carbocycles. The molecule has 9 heteroatoms. The van der Waals surface area contributed by atoms with E-state index in [0.717, 1.165) is 10.6 Å². The van der Waals surface area contributed by atoms with Crippen LogP contribution in [0, 0.1) is 0 Å².